The van der Waals surface area contributed by atoms with E-state index in [2.05, 4.69) is 9.97 Å². The van der Waals surface area contributed by atoms with E-state index in [1.165, 1.54) is 0 Å². The average molecular weight is 290 g/mol. The van der Waals surface area contributed by atoms with Crippen molar-refractivity contribution < 1.29 is 17.6 Å². The van der Waals surface area contributed by atoms with Crippen LogP contribution in [0.15, 0.2) is 0 Å². The molecule has 0 bridgehead atoms. The van der Waals surface area contributed by atoms with E-state index in [-0.39, 0.29) is 11.5 Å². The standard InChI is InChI=1S/C12H14F4N4/c1-5-6(2)20(4-12(15,16)11(13)14)10-8(5)9(17)18-7(3)19-10/h11H,4H2,1-3H3,(H2,17,18,19). The van der Waals surface area contributed by atoms with Crippen molar-refractivity contribution in [3.05, 3.63) is 17.1 Å². The third kappa shape index (κ3) is 2.19. The Labute approximate surface area is 112 Å². The number of hydrogen-bond donors (Lipinski definition) is 1. The zero-order chi connectivity index (χ0) is 15.2. The Kier molecular flexibility index (Phi) is 3.35. The number of halogens is 4. The molecule has 0 spiro atoms. The van der Waals surface area contributed by atoms with E-state index < -0.39 is 18.9 Å². The van der Waals surface area contributed by atoms with Crippen LogP contribution in [-0.4, -0.2) is 26.9 Å². The van der Waals surface area contributed by atoms with Crippen molar-refractivity contribution >= 4 is 16.9 Å². The molecule has 2 aromatic rings. The number of anilines is 1. The average Bonchev–Trinajstić information content (AvgIpc) is 2.54. The van der Waals surface area contributed by atoms with E-state index in [0.29, 0.717) is 22.5 Å². The summed E-state index contributed by atoms with van der Waals surface area (Å²) in [5.41, 5.74) is 6.96. The number of rotatable bonds is 3. The van der Waals surface area contributed by atoms with Crippen LogP contribution in [-0.2, 0) is 6.54 Å². The Hall–Kier alpha value is -1.86. The lowest BCUT2D eigenvalue weighted by atomic mass is 10.2. The Morgan fingerprint density at radius 3 is 2.35 bits per heavy atom. The van der Waals surface area contributed by atoms with Crippen molar-refractivity contribution in [2.75, 3.05) is 5.73 Å². The van der Waals surface area contributed by atoms with Gasteiger partial charge in [0.15, 0.2) is 0 Å². The van der Waals surface area contributed by atoms with E-state index >= 15 is 0 Å². The number of alkyl halides is 4. The molecule has 8 heteroatoms. The van der Waals surface area contributed by atoms with E-state index in [0.717, 1.165) is 4.57 Å². The molecular weight excluding hydrogens is 276 g/mol. The summed E-state index contributed by atoms with van der Waals surface area (Å²) in [4.78, 5) is 8.02. The van der Waals surface area contributed by atoms with Crippen molar-refractivity contribution in [3.8, 4) is 0 Å². The molecule has 2 aromatic heterocycles. The lowest BCUT2D eigenvalue weighted by molar-refractivity contribution is -0.137. The Bertz CT molecular complexity index is 663. The lowest BCUT2D eigenvalue weighted by Crippen LogP contribution is -2.32. The topological polar surface area (TPSA) is 56.7 Å². The highest BCUT2D eigenvalue weighted by atomic mass is 19.3. The largest absolute Gasteiger partial charge is 0.383 e. The predicted octanol–water partition coefficient (Wildman–Crippen LogP) is 2.84. The first-order valence-corrected chi connectivity index (χ1v) is 5.90. The summed E-state index contributed by atoms with van der Waals surface area (Å²) in [5, 5.41) is 0.429. The molecule has 2 rings (SSSR count). The highest BCUT2D eigenvalue weighted by molar-refractivity contribution is 5.91. The second-order valence-electron chi connectivity index (χ2n) is 4.71. The molecule has 20 heavy (non-hydrogen) atoms. The van der Waals surface area contributed by atoms with E-state index in [9.17, 15) is 17.6 Å². The van der Waals surface area contributed by atoms with Gasteiger partial charge in [-0.15, -0.1) is 0 Å². The number of aromatic nitrogens is 3. The summed E-state index contributed by atoms with van der Waals surface area (Å²) in [6.45, 7) is 3.65. The molecule has 0 unspecified atom stereocenters. The molecule has 0 aromatic carbocycles. The lowest BCUT2D eigenvalue weighted by Gasteiger charge is -2.17. The summed E-state index contributed by atoms with van der Waals surface area (Å²) in [6, 6.07) is 0. The smallest absolute Gasteiger partial charge is 0.324 e. The third-order valence-electron chi connectivity index (χ3n) is 3.30. The van der Waals surface area contributed by atoms with Crippen LogP contribution in [0.5, 0.6) is 0 Å². The van der Waals surface area contributed by atoms with Gasteiger partial charge in [0.2, 0.25) is 0 Å². The third-order valence-corrected chi connectivity index (χ3v) is 3.30. The minimum atomic E-state index is -4.13. The van der Waals surface area contributed by atoms with Gasteiger partial charge in [-0.3, -0.25) is 0 Å². The Morgan fingerprint density at radius 1 is 1.20 bits per heavy atom. The summed E-state index contributed by atoms with van der Waals surface area (Å²) in [7, 11) is 0. The van der Waals surface area contributed by atoms with Crippen molar-refractivity contribution in [3.63, 3.8) is 0 Å². The van der Waals surface area contributed by atoms with Crippen molar-refractivity contribution in [2.45, 2.75) is 39.7 Å². The first kappa shape index (κ1) is 14.5. The number of nitrogens with two attached hydrogens (primary N) is 1. The number of nitrogens with zero attached hydrogens (tertiary/aromatic N) is 3. The SMILES string of the molecule is Cc1nc(N)c2c(C)c(C)n(CC(F)(F)C(F)F)c2n1. The summed E-state index contributed by atoms with van der Waals surface area (Å²) in [6.07, 6.45) is -3.74. The highest BCUT2D eigenvalue weighted by Crippen LogP contribution is 2.32. The molecule has 2 heterocycles. The van der Waals surface area contributed by atoms with Gasteiger partial charge in [0.1, 0.15) is 17.3 Å². The molecular formula is C12H14F4N4. The zero-order valence-electron chi connectivity index (χ0n) is 11.2. The second-order valence-corrected chi connectivity index (χ2v) is 4.71. The number of aryl methyl sites for hydroxylation is 2. The maximum Gasteiger partial charge on any atom is 0.324 e. The Morgan fingerprint density at radius 2 is 1.80 bits per heavy atom. The van der Waals surface area contributed by atoms with Gasteiger partial charge in [-0.05, 0) is 26.3 Å². The minimum Gasteiger partial charge on any atom is -0.383 e. The van der Waals surface area contributed by atoms with Crippen LogP contribution in [0.2, 0.25) is 0 Å². The fraction of sp³-hybridized carbons (Fsp3) is 0.500. The molecule has 0 fully saturated rings. The van der Waals surface area contributed by atoms with Crippen LogP contribution in [0.3, 0.4) is 0 Å². The molecule has 0 saturated heterocycles. The molecule has 0 aliphatic heterocycles. The maximum absolute atomic E-state index is 13.3. The molecule has 0 aliphatic rings. The summed E-state index contributed by atoms with van der Waals surface area (Å²) >= 11 is 0. The van der Waals surface area contributed by atoms with Gasteiger partial charge in [0, 0.05) is 5.69 Å². The van der Waals surface area contributed by atoms with Crippen molar-refractivity contribution in [1.29, 1.82) is 0 Å². The first-order chi connectivity index (χ1) is 9.15. The van der Waals surface area contributed by atoms with Crippen LogP contribution in [0.1, 0.15) is 17.1 Å². The molecule has 110 valence electrons. The van der Waals surface area contributed by atoms with Gasteiger partial charge in [0.05, 0.1) is 11.9 Å². The van der Waals surface area contributed by atoms with E-state index in [4.69, 9.17) is 5.73 Å². The Balaban J connectivity index is 2.68. The monoisotopic (exact) mass is 290 g/mol. The van der Waals surface area contributed by atoms with Crippen molar-refractivity contribution in [2.24, 2.45) is 0 Å². The van der Waals surface area contributed by atoms with Crippen LogP contribution >= 0.6 is 0 Å². The fourth-order valence-electron chi connectivity index (χ4n) is 2.15. The van der Waals surface area contributed by atoms with Gasteiger partial charge < -0.3 is 10.3 Å². The molecule has 0 saturated carbocycles. The zero-order valence-corrected chi connectivity index (χ0v) is 11.2. The quantitative estimate of drug-likeness (QED) is 0.884. The van der Waals surface area contributed by atoms with Gasteiger partial charge in [-0.1, -0.05) is 0 Å². The molecule has 2 N–H and O–H groups in total. The van der Waals surface area contributed by atoms with Crippen molar-refractivity contribution in [1.82, 2.24) is 14.5 Å². The van der Waals surface area contributed by atoms with E-state index in [1.54, 1.807) is 20.8 Å². The maximum atomic E-state index is 13.3. The number of fused-ring (bicyclic) bond motifs is 1. The van der Waals surface area contributed by atoms with Gasteiger partial charge in [0.25, 0.3) is 0 Å². The number of hydrogen-bond acceptors (Lipinski definition) is 3. The minimum absolute atomic E-state index is 0.158. The number of nitrogen functional groups attached to an aromatic ring is 1. The van der Waals surface area contributed by atoms with Crippen LogP contribution in [0, 0.1) is 20.8 Å². The second kappa shape index (κ2) is 4.60. The van der Waals surface area contributed by atoms with Gasteiger partial charge in [-0.2, -0.15) is 8.78 Å². The van der Waals surface area contributed by atoms with Crippen LogP contribution in [0.25, 0.3) is 11.0 Å². The van der Waals surface area contributed by atoms with Gasteiger partial charge in [-0.25, -0.2) is 18.7 Å². The normalized spacial score (nSPS) is 12.6. The first-order valence-electron chi connectivity index (χ1n) is 5.90. The van der Waals surface area contributed by atoms with Gasteiger partial charge >= 0.3 is 12.3 Å². The van der Waals surface area contributed by atoms with E-state index in [1.807, 2.05) is 0 Å². The molecule has 0 amide bonds. The summed E-state index contributed by atoms with van der Waals surface area (Å²) in [5.74, 6) is -3.67. The summed E-state index contributed by atoms with van der Waals surface area (Å²) < 4.78 is 52.4. The molecule has 0 radical (unpaired) electrons. The molecule has 4 nitrogen and oxygen atoms in total. The highest BCUT2D eigenvalue weighted by Gasteiger charge is 2.42. The van der Waals surface area contributed by atoms with Crippen LogP contribution in [0.4, 0.5) is 23.4 Å². The fourth-order valence-corrected chi connectivity index (χ4v) is 2.15. The molecule has 0 aliphatic carbocycles. The van der Waals surface area contributed by atoms with Crippen LogP contribution < -0.4 is 5.73 Å². The predicted molar refractivity (Wildman–Crippen MR) is 67.1 cm³/mol. The molecule has 0 atom stereocenters.